The van der Waals surface area contributed by atoms with Gasteiger partial charge in [0.2, 0.25) is 0 Å². The van der Waals surface area contributed by atoms with Gasteiger partial charge in [-0.15, -0.1) is 0 Å². The Morgan fingerprint density at radius 1 is 0.783 bits per heavy atom. The fraction of sp³-hybridized carbons (Fsp3) is 0.600. The lowest BCUT2D eigenvalue weighted by atomic mass is 10.1. The average molecular weight is 722 g/mol. The monoisotopic (exact) mass is 720 g/mol. The van der Waals surface area contributed by atoms with Crippen LogP contribution in [0.4, 0.5) is 9.59 Å². The number of aliphatic hydroxyl groups is 4. The molecular formula is C30H42Cl2N4O8S2. The molecule has 0 radical (unpaired) electrons. The van der Waals surface area contributed by atoms with Gasteiger partial charge in [0, 0.05) is 25.5 Å². The summed E-state index contributed by atoms with van der Waals surface area (Å²) < 4.78 is 10.7. The molecule has 2 aliphatic rings. The van der Waals surface area contributed by atoms with Crippen molar-refractivity contribution in [3.05, 3.63) is 46.7 Å². The Balaban J connectivity index is 0.000000250. The third-order valence-corrected chi connectivity index (χ3v) is 9.84. The highest BCUT2D eigenvalue weighted by Gasteiger charge is 2.49. The van der Waals surface area contributed by atoms with Gasteiger partial charge >= 0.3 is 12.2 Å². The van der Waals surface area contributed by atoms with Crippen LogP contribution in [0.1, 0.15) is 41.5 Å². The standard InChI is InChI=1S/2C15H21ClN2O4S/c2*1-14(2,3)22-13(20)18-7-11(15(21,8-18)9-19)23-12-5-4-10(16)6-17-12/h2*4-6,11,19,21H,7-9H2,1-3H3/t11-,15+;11-,15-/m00/s1. The number of thioether (sulfide) groups is 2. The number of carbonyl (C=O) groups excluding carboxylic acids is 2. The average Bonchev–Trinajstić information content (AvgIpc) is 3.47. The third kappa shape index (κ3) is 11.0. The molecule has 4 rings (SSSR count). The van der Waals surface area contributed by atoms with Crippen molar-refractivity contribution < 1.29 is 39.5 Å². The number of ether oxygens (including phenoxy) is 2. The number of hydrogen-bond acceptors (Lipinski definition) is 12. The van der Waals surface area contributed by atoms with E-state index >= 15 is 0 Å². The summed E-state index contributed by atoms with van der Waals surface area (Å²) in [6.07, 6.45) is 2.03. The molecule has 4 N–H and O–H groups in total. The maximum absolute atomic E-state index is 12.2. The molecule has 2 fully saturated rings. The molecule has 0 unspecified atom stereocenters. The van der Waals surface area contributed by atoms with Gasteiger partial charge in [-0.25, -0.2) is 19.6 Å². The number of hydrogen-bond donors (Lipinski definition) is 4. The van der Waals surface area contributed by atoms with Crippen LogP contribution in [0.25, 0.3) is 0 Å². The number of rotatable bonds is 6. The number of β-amino-alcohol motifs (C(OH)–C–C–N with tert-alkyl or cyclic N) is 2. The summed E-state index contributed by atoms with van der Waals surface area (Å²) in [7, 11) is 0. The molecule has 46 heavy (non-hydrogen) atoms. The van der Waals surface area contributed by atoms with E-state index in [1.54, 1.807) is 65.8 Å². The molecule has 2 aliphatic heterocycles. The van der Waals surface area contributed by atoms with E-state index in [2.05, 4.69) is 9.97 Å². The van der Waals surface area contributed by atoms with Crippen molar-refractivity contribution in [2.75, 3.05) is 39.4 Å². The van der Waals surface area contributed by atoms with Gasteiger partial charge in [-0.3, -0.25) is 0 Å². The molecule has 0 spiro atoms. The SMILES string of the molecule is CC(C)(C)OC(=O)N1C[C@H](Sc2ccc(Cl)cn2)[C@@](O)(CO)C1.CC(C)(C)OC(=O)N1C[C@H](Sc2ccc(Cl)cn2)[C@](O)(CO)C1. The highest BCUT2D eigenvalue weighted by molar-refractivity contribution is 8.00. The summed E-state index contributed by atoms with van der Waals surface area (Å²) in [6, 6.07) is 6.88. The van der Waals surface area contributed by atoms with Gasteiger partial charge in [0.1, 0.15) is 22.4 Å². The zero-order chi connectivity index (χ0) is 34.5. The number of carbonyl (C=O) groups is 2. The van der Waals surface area contributed by atoms with E-state index in [4.69, 9.17) is 32.7 Å². The highest BCUT2D eigenvalue weighted by atomic mass is 35.5. The maximum Gasteiger partial charge on any atom is 0.410 e. The molecule has 4 atom stereocenters. The largest absolute Gasteiger partial charge is 0.444 e. The number of amides is 2. The summed E-state index contributed by atoms with van der Waals surface area (Å²) in [6.45, 7) is 10.4. The molecule has 12 nitrogen and oxygen atoms in total. The van der Waals surface area contributed by atoms with Gasteiger partial charge in [0.15, 0.2) is 0 Å². The highest BCUT2D eigenvalue weighted by Crippen LogP contribution is 2.37. The Bertz CT molecular complexity index is 1230. The van der Waals surface area contributed by atoms with E-state index in [0.717, 1.165) is 0 Å². The van der Waals surface area contributed by atoms with Gasteiger partial charge in [-0.2, -0.15) is 0 Å². The fourth-order valence-electron chi connectivity index (χ4n) is 4.42. The zero-order valence-corrected chi connectivity index (χ0v) is 29.8. The molecule has 16 heteroatoms. The Hall–Kier alpha value is -2.04. The van der Waals surface area contributed by atoms with Crippen LogP contribution in [0.5, 0.6) is 0 Å². The Morgan fingerprint density at radius 2 is 1.13 bits per heavy atom. The molecule has 256 valence electrons. The van der Waals surface area contributed by atoms with Crippen molar-refractivity contribution in [2.24, 2.45) is 0 Å². The quantitative estimate of drug-likeness (QED) is 0.334. The van der Waals surface area contributed by atoms with Crippen LogP contribution >= 0.6 is 46.7 Å². The van der Waals surface area contributed by atoms with Crippen molar-refractivity contribution in [3.8, 4) is 0 Å². The second kappa shape index (κ2) is 15.5. The fourth-order valence-corrected chi connectivity index (χ4v) is 6.99. The number of aliphatic hydroxyl groups excluding tert-OH is 2. The van der Waals surface area contributed by atoms with Gasteiger partial charge in [0.25, 0.3) is 0 Å². The predicted octanol–water partition coefficient (Wildman–Crippen LogP) is 4.34. The minimum atomic E-state index is -1.40. The molecule has 2 amide bonds. The van der Waals surface area contributed by atoms with Crippen molar-refractivity contribution in [3.63, 3.8) is 0 Å². The first-order chi connectivity index (χ1) is 21.3. The number of halogens is 2. The second-order valence-corrected chi connectivity index (χ2v) is 16.4. The topological polar surface area (TPSA) is 166 Å². The van der Waals surface area contributed by atoms with Crippen molar-refractivity contribution >= 4 is 58.9 Å². The Morgan fingerprint density at radius 3 is 1.39 bits per heavy atom. The second-order valence-electron chi connectivity index (χ2n) is 13.1. The third-order valence-electron chi connectivity index (χ3n) is 6.68. The molecule has 4 heterocycles. The Labute approximate surface area is 287 Å². The van der Waals surface area contributed by atoms with Crippen LogP contribution in [0, 0.1) is 0 Å². The van der Waals surface area contributed by atoms with Crippen LogP contribution in [-0.4, -0.2) is 125 Å². The molecule has 0 bridgehead atoms. The van der Waals surface area contributed by atoms with Gasteiger partial charge in [-0.1, -0.05) is 46.7 Å². The van der Waals surface area contributed by atoms with E-state index in [1.165, 1.54) is 45.7 Å². The molecule has 2 aromatic heterocycles. The maximum atomic E-state index is 12.2. The normalized spacial score (nSPS) is 24.8. The minimum Gasteiger partial charge on any atom is -0.444 e. The smallest absolute Gasteiger partial charge is 0.410 e. The van der Waals surface area contributed by atoms with E-state index in [0.29, 0.717) is 20.1 Å². The van der Waals surface area contributed by atoms with Crippen LogP contribution in [0.3, 0.4) is 0 Å². The molecule has 2 aromatic rings. The summed E-state index contributed by atoms with van der Waals surface area (Å²) >= 11 is 14.2. The lowest BCUT2D eigenvalue weighted by Gasteiger charge is -2.26. The number of likely N-dealkylation sites (tertiary alicyclic amines) is 2. The molecule has 0 saturated carbocycles. The van der Waals surface area contributed by atoms with E-state index in [-0.39, 0.29) is 26.2 Å². The van der Waals surface area contributed by atoms with Gasteiger partial charge in [-0.05, 0) is 65.8 Å². The van der Waals surface area contributed by atoms with E-state index < -0.39 is 58.3 Å². The number of nitrogens with zero attached hydrogens (tertiary/aromatic N) is 4. The summed E-state index contributed by atoms with van der Waals surface area (Å²) in [5.74, 6) is 0. The van der Waals surface area contributed by atoms with E-state index in [1.807, 2.05) is 0 Å². The van der Waals surface area contributed by atoms with Crippen molar-refractivity contribution in [2.45, 2.75) is 84.5 Å². The summed E-state index contributed by atoms with van der Waals surface area (Å²) in [5, 5.41) is 41.9. The van der Waals surface area contributed by atoms with Gasteiger partial charge in [0.05, 0.1) is 56.9 Å². The van der Waals surface area contributed by atoms with Gasteiger partial charge < -0.3 is 39.7 Å². The number of pyridine rings is 2. The zero-order valence-electron chi connectivity index (χ0n) is 26.6. The van der Waals surface area contributed by atoms with Crippen molar-refractivity contribution in [1.29, 1.82) is 0 Å². The van der Waals surface area contributed by atoms with Crippen LogP contribution in [0.2, 0.25) is 10.0 Å². The van der Waals surface area contributed by atoms with Crippen LogP contribution in [0.15, 0.2) is 46.7 Å². The molecule has 0 aliphatic carbocycles. The molecule has 2 saturated heterocycles. The van der Waals surface area contributed by atoms with E-state index in [9.17, 15) is 30.0 Å². The Kier molecular flexibility index (Phi) is 12.9. The predicted molar refractivity (Wildman–Crippen MR) is 177 cm³/mol. The van der Waals surface area contributed by atoms with Crippen LogP contribution < -0.4 is 0 Å². The first kappa shape index (κ1) is 38.4. The first-order valence-corrected chi connectivity index (χ1v) is 17.0. The first-order valence-electron chi connectivity index (χ1n) is 14.4. The van der Waals surface area contributed by atoms with Crippen molar-refractivity contribution in [1.82, 2.24) is 19.8 Å². The van der Waals surface area contributed by atoms with Crippen LogP contribution in [-0.2, 0) is 9.47 Å². The number of aromatic nitrogens is 2. The summed E-state index contributed by atoms with van der Waals surface area (Å²) in [5.41, 5.74) is -4.03. The lowest BCUT2D eigenvalue weighted by Crippen LogP contribution is -2.44. The lowest BCUT2D eigenvalue weighted by molar-refractivity contribution is -0.00983. The molecule has 0 aromatic carbocycles. The molecular weight excluding hydrogens is 679 g/mol. The minimum absolute atomic E-state index is 0.0175. The summed E-state index contributed by atoms with van der Waals surface area (Å²) in [4.78, 5) is 35.5.